The van der Waals surface area contributed by atoms with Crippen LogP contribution < -0.4 is 10.1 Å². The predicted octanol–water partition coefficient (Wildman–Crippen LogP) is 4.89. The molecule has 0 aliphatic rings. The highest BCUT2D eigenvalue weighted by molar-refractivity contribution is 7.89. The summed E-state index contributed by atoms with van der Waals surface area (Å²) in [6.07, 6.45) is 1.37. The van der Waals surface area contributed by atoms with Gasteiger partial charge in [-0.1, -0.05) is 47.0 Å². The summed E-state index contributed by atoms with van der Waals surface area (Å²) in [5.41, 5.74) is 1.03. The number of aliphatic hydroxyl groups is 1. The van der Waals surface area contributed by atoms with Gasteiger partial charge in [-0.3, -0.25) is 9.59 Å². The number of rotatable bonds is 19. The maximum absolute atomic E-state index is 14.1. The van der Waals surface area contributed by atoms with Gasteiger partial charge < -0.3 is 15.3 Å². The summed E-state index contributed by atoms with van der Waals surface area (Å²) in [5, 5.41) is 15.6. The van der Waals surface area contributed by atoms with Crippen molar-refractivity contribution in [2.24, 2.45) is 5.92 Å². The van der Waals surface area contributed by atoms with Gasteiger partial charge in [0.25, 0.3) is 11.8 Å². The van der Waals surface area contributed by atoms with Gasteiger partial charge in [-0.25, -0.2) is 22.2 Å². The summed E-state index contributed by atoms with van der Waals surface area (Å²) in [7, 11) is -3.73. The van der Waals surface area contributed by atoms with E-state index >= 15 is 0 Å². The molecule has 0 fully saturated rings. The molecule has 47 heavy (non-hydrogen) atoms. The van der Waals surface area contributed by atoms with E-state index in [9.17, 15) is 31.9 Å². The molecule has 0 heterocycles. The number of hydrogen-bond donors (Lipinski definition) is 3. The van der Waals surface area contributed by atoms with Crippen LogP contribution in [0.2, 0.25) is 0 Å². The number of nitrogens with one attached hydrogen (secondary N) is 2. The average molecular weight is 677 g/mol. The number of carbonyl (C=O) groups is 2. The first-order chi connectivity index (χ1) is 22.2. The minimum atomic E-state index is -3.73. The molecular formula is C35H50F2N4O5S. The molecule has 9 nitrogen and oxygen atoms in total. The highest BCUT2D eigenvalue weighted by Gasteiger charge is 2.28. The molecule has 0 radical (unpaired) electrons. The first-order valence-electron chi connectivity index (χ1n) is 16.3. The van der Waals surface area contributed by atoms with Crippen molar-refractivity contribution in [3.63, 3.8) is 0 Å². The quantitative estimate of drug-likeness (QED) is 0.144. The van der Waals surface area contributed by atoms with Gasteiger partial charge in [0.05, 0.1) is 17.9 Å². The molecule has 0 saturated carbocycles. The lowest BCUT2D eigenvalue weighted by atomic mass is 9.99. The number of hydrazine groups is 1. The van der Waals surface area contributed by atoms with E-state index in [1.54, 1.807) is 31.7 Å². The SMILES string of the molecule is CC#Cc1cc(C(=O)NC(Cc2cc(F)cc(F)c2)C(O)CN(CCCC)NS(=O)(=O)CC(C)C)cc(C(=O)N(CCC)CCC)c1. The molecule has 0 saturated heterocycles. The van der Waals surface area contributed by atoms with Gasteiger partial charge in [-0.2, -0.15) is 0 Å². The maximum Gasteiger partial charge on any atom is 0.253 e. The van der Waals surface area contributed by atoms with Crippen molar-refractivity contribution < 1.29 is 31.9 Å². The third-order valence-electron chi connectivity index (χ3n) is 7.15. The third kappa shape index (κ3) is 13.7. The zero-order valence-corrected chi connectivity index (χ0v) is 29.2. The highest BCUT2D eigenvalue weighted by atomic mass is 32.2. The first kappa shape index (κ1) is 39.8. The van der Waals surface area contributed by atoms with Gasteiger partial charge in [0.15, 0.2) is 0 Å². The summed E-state index contributed by atoms with van der Waals surface area (Å²) in [6, 6.07) is 6.48. The Morgan fingerprint density at radius 1 is 0.915 bits per heavy atom. The summed E-state index contributed by atoms with van der Waals surface area (Å²) in [6.45, 7) is 12.3. The van der Waals surface area contributed by atoms with Crippen molar-refractivity contribution in [1.82, 2.24) is 20.1 Å². The number of hydrogen-bond acceptors (Lipinski definition) is 6. The van der Waals surface area contributed by atoms with Crippen molar-refractivity contribution in [2.45, 2.75) is 85.8 Å². The molecule has 2 aromatic carbocycles. The number of halogens is 2. The second-order valence-electron chi connectivity index (χ2n) is 12.2. The monoisotopic (exact) mass is 676 g/mol. The molecule has 0 bridgehead atoms. The molecule has 2 atom stereocenters. The molecule has 2 amide bonds. The molecule has 0 aliphatic heterocycles. The van der Waals surface area contributed by atoms with Gasteiger partial charge in [0.1, 0.15) is 11.6 Å². The van der Waals surface area contributed by atoms with Crippen molar-refractivity contribution in [2.75, 3.05) is 31.9 Å². The van der Waals surface area contributed by atoms with E-state index in [1.807, 2.05) is 20.8 Å². The van der Waals surface area contributed by atoms with Gasteiger partial charge in [0, 0.05) is 48.9 Å². The van der Waals surface area contributed by atoms with E-state index in [4.69, 9.17) is 0 Å². The highest BCUT2D eigenvalue weighted by Crippen LogP contribution is 2.17. The van der Waals surface area contributed by atoms with Crippen molar-refractivity contribution in [1.29, 1.82) is 0 Å². The largest absolute Gasteiger partial charge is 0.390 e. The fraction of sp³-hybridized carbons (Fsp3) is 0.543. The zero-order valence-electron chi connectivity index (χ0n) is 28.4. The van der Waals surface area contributed by atoms with Crippen LogP contribution in [0.4, 0.5) is 8.78 Å². The van der Waals surface area contributed by atoms with Crippen molar-refractivity contribution in [3.05, 3.63) is 70.3 Å². The van der Waals surface area contributed by atoms with Crippen molar-refractivity contribution in [3.8, 4) is 11.8 Å². The number of nitrogens with zero attached hydrogens (tertiary/aromatic N) is 2. The lowest BCUT2D eigenvalue weighted by molar-refractivity contribution is 0.0614. The Morgan fingerprint density at radius 3 is 2.09 bits per heavy atom. The molecule has 260 valence electrons. The van der Waals surface area contributed by atoms with Gasteiger partial charge in [-0.05, 0) is 74.4 Å². The van der Waals surface area contributed by atoms with Gasteiger partial charge in [0.2, 0.25) is 10.0 Å². The smallest absolute Gasteiger partial charge is 0.253 e. The second kappa shape index (κ2) is 19.5. The molecule has 0 aromatic heterocycles. The fourth-order valence-electron chi connectivity index (χ4n) is 5.20. The van der Waals surface area contributed by atoms with Crippen molar-refractivity contribution >= 4 is 21.8 Å². The molecule has 0 aliphatic carbocycles. The standard InChI is InChI=1S/C35H50F2N4O5S/c1-7-11-15-41(39-47(45,46)24-25(5)6)23-33(42)32(20-27-18-30(36)22-31(37)19-27)38-34(43)28-16-26(12-8-2)17-29(21-28)35(44)40(13-9-3)14-10-4/h16-19,21-22,25,32-33,39,42H,7,9-11,13-15,20,23-24H2,1-6H3,(H,38,43). The number of unbranched alkanes of at least 4 members (excludes halogenated alkanes) is 1. The Morgan fingerprint density at radius 2 is 1.53 bits per heavy atom. The summed E-state index contributed by atoms with van der Waals surface area (Å²) in [5.74, 6) is 2.92. The minimum absolute atomic E-state index is 0.115. The van der Waals surface area contributed by atoms with Crippen LogP contribution in [0, 0.1) is 29.4 Å². The Bertz CT molecular complexity index is 1480. The van der Waals surface area contributed by atoms with E-state index < -0.39 is 39.7 Å². The van der Waals surface area contributed by atoms with E-state index in [0.29, 0.717) is 25.1 Å². The normalized spacial score (nSPS) is 12.8. The lowest BCUT2D eigenvalue weighted by Gasteiger charge is -2.30. The topological polar surface area (TPSA) is 119 Å². The summed E-state index contributed by atoms with van der Waals surface area (Å²) >= 11 is 0. The van der Waals surface area contributed by atoms with E-state index in [-0.39, 0.29) is 53.8 Å². The molecule has 12 heteroatoms. The summed E-state index contributed by atoms with van der Waals surface area (Å²) < 4.78 is 53.8. The molecule has 0 spiro atoms. The van der Waals surface area contributed by atoms with Crippen LogP contribution >= 0.6 is 0 Å². The van der Waals surface area contributed by atoms with Crippen LogP contribution in [0.5, 0.6) is 0 Å². The zero-order chi connectivity index (χ0) is 35.1. The molecule has 2 aromatic rings. The summed E-state index contributed by atoms with van der Waals surface area (Å²) in [4.78, 5) is 31.5. The lowest BCUT2D eigenvalue weighted by Crippen LogP contribution is -2.54. The van der Waals surface area contributed by atoms with Crippen LogP contribution in [0.15, 0.2) is 36.4 Å². The Balaban J connectivity index is 2.49. The number of amides is 2. The first-order valence-corrected chi connectivity index (χ1v) is 17.9. The minimum Gasteiger partial charge on any atom is -0.390 e. The van der Waals surface area contributed by atoms with E-state index in [2.05, 4.69) is 22.0 Å². The Labute approximate surface area is 279 Å². The molecule has 2 rings (SSSR count). The van der Waals surface area contributed by atoms with Gasteiger partial charge >= 0.3 is 0 Å². The number of benzene rings is 2. The van der Waals surface area contributed by atoms with E-state index in [0.717, 1.165) is 37.5 Å². The molecular weight excluding hydrogens is 626 g/mol. The number of carbonyl (C=O) groups excluding carboxylic acids is 2. The van der Waals surface area contributed by atoms with E-state index in [1.165, 1.54) is 17.1 Å². The number of aliphatic hydroxyl groups excluding tert-OH is 1. The van der Waals surface area contributed by atoms with Crippen LogP contribution in [0.3, 0.4) is 0 Å². The Kier molecular flexibility index (Phi) is 16.5. The third-order valence-corrected chi connectivity index (χ3v) is 8.80. The van der Waals surface area contributed by atoms with Crippen LogP contribution in [0.25, 0.3) is 0 Å². The van der Waals surface area contributed by atoms with Crippen LogP contribution in [0.1, 0.15) is 99.1 Å². The average Bonchev–Trinajstić information content (AvgIpc) is 2.97. The molecule has 2 unspecified atom stereocenters. The van der Waals surface area contributed by atoms with Crippen LogP contribution in [-0.4, -0.2) is 79.3 Å². The Hall–Kier alpha value is -3.37. The maximum atomic E-state index is 14.1. The molecule has 3 N–H and O–H groups in total. The second-order valence-corrected chi connectivity index (χ2v) is 13.9. The number of sulfonamides is 1. The fourth-order valence-corrected chi connectivity index (χ4v) is 6.71. The van der Waals surface area contributed by atoms with Gasteiger partial charge in [-0.15, -0.1) is 10.8 Å². The predicted molar refractivity (Wildman–Crippen MR) is 181 cm³/mol. The van der Waals surface area contributed by atoms with Crippen LogP contribution in [-0.2, 0) is 16.4 Å².